The maximum Gasteiger partial charge on any atom is 0.291 e. The maximum absolute atomic E-state index is 13.0. The normalized spacial score (nSPS) is 18.2. The Kier molecular flexibility index (Phi) is 11.0. The summed E-state index contributed by atoms with van der Waals surface area (Å²) in [6.45, 7) is 9.89. The SMILES string of the molecule is CC.CC.N=C(O/C(N)=N/C1N=C(C2=CC=CCC2)c2ccccc2NC1=O)c1ccccc1N1CCCC1. The lowest BCUT2D eigenvalue weighted by molar-refractivity contribution is -0.117. The van der Waals surface area contributed by atoms with Crippen molar-refractivity contribution in [3.8, 4) is 0 Å². The quantitative estimate of drug-likeness (QED) is 0.331. The van der Waals surface area contributed by atoms with E-state index in [-0.39, 0.29) is 11.9 Å². The first-order valence-corrected chi connectivity index (χ1v) is 13.9. The number of benzodiazepines with no additional fused rings is 1. The average Bonchev–Trinajstić information content (AvgIpc) is 3.49. The van der Waals surface area contributed by atoms with Crippen LogP contribution in [0.5, 0.6) is 0 Å². The van der Waals surface area contributed by atoms with Crippen LogP contribution in [0.4, 0.5) is 11.4 Å². The number of anilines is 2. The van der Waals surface area contributed by atoms with E-state index in [0.717, 1.165) is 55.6 Å². The second-order valence-electron chi connectivity index (χ2n) is 8.65. The molecule has 8 heteroatoms. The number of aliphatic imine (C=N–C) groups is 2. The van der Waals surface area contributed by atoms with Crippen molar-refractivity contribution in [1.29, 1.82) is 5.41 Å². The van der Waals surface area contributed by atoms with E-state index in [0.29, 0.717) is 17.0 Å². The van der Waals surface area contributed by atoms with E-state index in [1.165, 1.54) is 0 Å². The van der Waals surface area contributed by atoms with Crippen molar-refractivity contribution < 1.29 is 9.53 Å². The van der Waals surface area contributed by atoms with Gasteiger partial charge in [0, 0.05) is 24.3 Å². The van der Waals surface area contributed by atoms with E-state index in [2.05, 4.69) is 21.3 Å². The number of nitrogens with zero attached hydrogens (tertiary/aromatic N) is 3. The van der Waals surface area contributed by atoms with Crippen LogP contribution in [-0.4, -0.2) is 42.8 Å². The maximum atomic E-state index is 13.0. The van der Waals surface area contributed by atoms with Gasteiger partial charge in [-0.2, -0.15) is 4.99 Å². The fourth-order valence-electron chi connectivity index (χ4n) is 4.60. The van der Waals surface area contributed by atoms with Gasteiger partial charge >= 0.3 is 0 Å². The standard InChI is InChI=1S/C27H28N6O2.2C2H6/c28-24(20-13-5-7-15-22(20)33-16-8-9-17-33)35-27(29)32-25-26(34)30-21-14-6-4-12-19(21)23(31-25)18-10-2-1-3-11-18;2*1-2/h1-2,4-7,10,12-15,25,28H,3,8-9,11,16-17H2,(H2,29,32)(H,30,34);2*1-2H3. The molecule has 4 N–H and O–H groups in total. The van der Waals surface area contributed by atoms with Crippen LogP contribution in [-0.2, 0) is 9.53 Å². The van der Waals surface area contributed by atoms with Gasteiger partial charge in [0.2, 0.25) is 12.1 Å². The molecule has 1 unspecified atom stereocenters. The highest BCUT2D eigenvalue weighted by molar-refractivity contribution is 6.19. The second-order valence-corrected chi connectivity index (χ2v) is 8.65. The molecule has 2 aromatic rings. The van der Waals surface area contributed by atoms with Crippen LogP contribution in [0, 0.1) is 5.41 Å². The van der Waals surface area contributed by atoms with E-state index < -0.39 is 12.1 Å². The summed E-state index contributed by atoms with van der Waals surface area (Å²) in [6.07, 6.45) is 8.95. The van der Waals surface area contributed by atoms with Gasteiger partial charge in [-0.3, -0.25) is 10.2 Å². The predicted molar refractivity (Wildman–Crippen MR) is 162 cm³/mol. The van der Waals surface area contributed by atoms with Crippen LogP contribution in [0.3, 0.4) is 0 Å². The Bertz CT molecular complexity index is 1270. The minimum atomic E-state index is -1.13. The van der Waals surface area contributed by atoms with Crippen molar-refractivity contribution in [2.75, 3.05) is 23.3 Å². The lowest BCUT2D eigenvalue weighted by Crippen LogP contribution is -2.30. The molecule has 0 bridgehead atoms. The lowest BCUT2D eigenvalue weighted by atomic mass is 9.94. The number of benzene rings is 2. The number of rotatable bonds is 4. The zero-order valence-electron chi connectivity index (χ0n) is 23.4. The average molecular weight is 529 g/mol. The van der Waals surface area contributed by atoms with E-state index in [4.69, 9.17) is 20.9 Å². The molecular weight excluding hydrogens is 488 g/mol. The number of fused-ring (bicyclic) bond motifs is 1. The third-order valence-electron chi connectivity index (χ3n) is 6.30. The first-order valence-electron chi connectivity index (χ1n) is 13.9. The smallest absolute Gasteiger partial charge is 0.291 e. The van der Waals surface area contributed by atoms with E-state index in [1.807, 2.05) is 88.4 Å². The van der Waals surface area contributed by atoms with Crippen molar-refractivity contribution in [2.24, 2.45) is 15.7 Å². The van der Waals surface area contributed by atoms with Crippen molar-refractivity contribution in [3.63, 3.8) is 0 Å². The van der Waals surface area contributed by atoms with Gasteiger partial charge < -0.3 is 20.7 Å². The van der Waals surface area contributed by atoms with Gasteiger partial charge in [0.25, 0.3) is 11.9 Å². The van der Waals surface area contributed by atoms with Gasteiger partial charge in [0.05, 0.1) is 17.0 Å². The lowest BCUT2D eigenvalue weighted by Gasteiger charge is -2.21. The molecule has 1 fully saturated rings. The molecule has 0 radical (unpaired) electrons. The van der Waals surface area contributed by atoms with Crippen molar-refractivity contribution in [3.05, 3.63) is 83.5 Å². The summed E-state index contributed by atoms with van der Waals surface area (Å²) >= 11 is 0. The van der Waals surface area contributed by atoms with Crippen LogP contribution in [0.15, 0.2) is 82.3 Å². The molecule has 2 aliphatic heterocycles. The molecular formula is C31H40N6O2. The highest BCUT2D eigenvalue weighted by atomic mass is 16.5. The number of amides is 1. The topological polar surface area (TPSA) is 116 Å². The summed E-state index contributed by atoms with van der Waals surface area (Å²) in [6, 6.07) is 14.9. The van der Waals surface area contributed by atoms with Crippen LogP contribution < -0.4 is 16.0 Å². The number of nitrogens with two attached hydrogens (primary N) is 1. The van der Waals surface area contributed by atoms with E-state index >= 15 is 0 Å². The number of allylic oxidation sites excluding steroid dienone is 4. The second kappa shape index (κ2) is 14.7. The number of hydrogen-bond acceptors (Lipinski definition) is 6. The number of carbonyl (C=O) groups is 1. The van der Waals surface area contributed by atoms with E-state index in [1.54, 1.807) is 0 Å². The Hall–Kier alpha value is -4.20. The first kappa shape index (κ1) is 29.4. The van der Waals surface area contributed by atoms with Crippen LogP contribution in [0.25, 0.3) is 0 Å². The summed E-state index contributed by atoms with van der Waals surface area (Å²) in [5, 5.41) is 11.4. The largest absolute Gasteiger partial charge is 0.407 e. The molecule has 3 aliphatic rings. The molecule has 1 saturated heterocycles. The van der Waals surface area contributed by atoms with Gasteiger partial charge in [-0.15, -0.1) is 0 Å². The molecule has 1 aliphatic carbocycles. The summed E-state index contributed by atoms with van der Waals surface area (Å²) in [7, 11) is 0. The van der Waals surface area contributed by atoms with Gasteiger partial charge in [0.15, 0.2) is 0 Å². The molecule has 2 aromatic carbocycles. The minimum absolute atomic E-state index is 0.115. The number of ether oxygens (including phenoxy) is 1. The Morgan fingerprint density at radius 2 is 1.77 bits per heavy atom. The third kappa shape index (κ3) is 7.22. The summed E-state index contributed by atoms with van der Waals surface area (Å²) in [4.78, 5) is 24.2. The molecule has 2 heterocycles. The Morgan fingerprint density at radius 1 is 1.08 bits per heavy atom. The van der Waals surface area contributed by atoms with Crippen LogP contribution in [0.2, 0.25) is 0 Å². The zero-order valence-corrected chi connectivity index (χ0v) is 23.4. The zero-order chi connectivity index (χ0) is 28.2. The Balaban J connectivity index is 0.00000100. The number of para-hydroxylation sites is 2. The molecule has 8 nitrogen and oxygen atoms in total. The fourth-order valence-corrected chi connectivity index (χ4v) is 4.60. The molecule has 1 amide bonds. The van der Waals surface area contributed by atoms with Crippen LogP contribution >= 0.6 is 0 Å². The molecule has 0 saturated carbocycles. The van der Waals surface area contributed by atoms with Gasteiger partial charge in [0.1, 0.15) is 0 Å². The Labute approximate surface area is 231 Å². The summed E-state index contributed by atoms with van der Waals surface area (Å²) < 4.78 is 5.60. The van der Waals surface area contributed by atoms with Crippen molar-refractivity contribution in [1.82, 2.24) is 0 Å². The summed E-state index contributed by atoms with van der Waals surface area (Å²) in [5.74, 6) is -0.523. The third-order valence-corrected chi connectivity index (χ3v) is 6.30. The Morgan fingerprint density at radius 3 is 2.49 bits per heavy atom. The summed E-state index contributed by atoms with van der Waals surface area (Å²) in [5.41, 5.74) is 10.9. The van der Waals surface area contributed by atoms with Crippen LogP contribution in [0.1, 0.15) is 64.5 Å². The molecule has 39 heavy (non-hydrogen) atoms. The van der Waals surface area contributed by atoms with Gasteiger partial charge in [-0.05, 0) is 49.5 Å². The highest BCUT2D eigenvalue weighted by Crippen LogP contribution is 2.28. The molecule has 1 atom stereocenters. The monoisotopic (exact) mass is 528 g/mol. The van der Waals surface area contributed by atoms with Crippen molar-refractivity contribution >= 4 is 34.9 Å². The minimum Gasteiger partial charge on any atom is -0.407 e. The van der Waals surface area contributed by atoms with Gasteiger partial charge in [-0.1, -0.05) is 76.3 Å². The molecule has 0 aromatic heterocycles. The fraction of sp³-hybridized carbons (Fsp3) is 0.355. The molecule has 206 valence electrons. The highest BCUT2D eigenvalue weighted by Gasteiger charge is 2.27. The van der Waals surface area contributed by atoms with Gasteiger partial charge in [-0.25, -0.2) is 4.99 Å². The molecule has 5 rings (SSSR count). The number of nitrogens with one attached hydrogen (secondary N) is 2. The van der Waals surface area contributed by atoms with Crippen molar-refractivity contribution in [2.45, 2.75) is 59.5 Å². The van der Waals surface area contributed by atoms with E-state index in [9.17, 15) is 4.79 Å². The first-order chi connectivity index (χ1) is 19.1. The number of carbonyl (C=O) groups excluding carboxylic acids is 1. The number of amidine groups is 1. The molecule has 0 spiro atoms. The number of hydrogen-bond donors (Lipinski definition) is 3. The predicted octanol–water partition coefficient (Wildman–Crippen LogP) is 6.04.